The van der Waals surface area contributed by atoms with Crippen molar-refractivity contribution in [3.8, 4) is 0 Å². The largest absolute Gasteiger partial charge is 0.396 e. The number of nitrogens with zero attached hydrogens (tertiary/aromatic N) is 1. The minimum atomic E-state index is -0.862. The minimum absolute atomic E-state index is 0.0288. The smallest absolute Gasteiger partial charge is 0.242 e. The molecule has 0 saturated carbocycles. The van der Waals surface area contributed by atoms with E-state index in [1.54, 1.807) is 11.8 Å². The van der Waals surface area contributed by atoms with Gasteiger partial charge in [0.05, 0.1) is 28.6 Å². The van der Waals surface area contributed by atoms with E-state index in [2.05, 4.69) is 10.6 Å². The molecule has 13 heteroatoms. The summed E-state index contributed by atoms with van der Waals surface area (Å²) in [5, 5.41) is 23.0. The molecule has 0 radical (unpaired) electrons. The Labute approximate surface area is 318 Å². The molecule has 0 bridgehead atoms. The number of likely N-dealkylation sites (tertiary alicyclic amines) is 1. The van der Waals surface area contributed by atoms with Gasteiger partial charge >= 0.3 is 0 Å². The number of nitrogens with one attached hydrogen (secondary N) is 2. The summed E-state index contributed by atoms with van der Waals surface area (Å²) in [6.07, 6.45) is -0.0608. The molecular formula is C40H47N3O8S2. The number of amides is 4. The zero-order valence-electron chi connectivity index (χ0n) is 29.8. The molecule has 4 rings (SSSR count). The van der Waals surface area contributed by atoms with Crippen LogP contribution >= 0.6 is 23.5 Å². The van der Waals surface area contributed by atoms with Gasteiger partial charge in [-0.25, -0.2) is 0 Å². The van der Waals surface area contributed by atoms with Crippen LogP contribution in [0.25, 0.3) is 0 Å². The van der Waals surface area contributed by atoms with Gasteiger partial charge in [0, 0.05) is 63.8 Å². The fourth-order valence-electron chi connectivity index (χ4n) is 6.28. The first kappa shape index (κ1) is 41.5. The second-order valence-corrected chi connectivity index (χ2v) is 15.2. The first-order valence-electron chi connectivity index (χ1n) is 17.7. The second kappa shape index (κ2) is 20.8. The Morgan fingerprint density at radius 1 is 0.830 bits per heavy atom. The highest BCUT2D eigenvalue weighted by molar-refractivity contribution is 8.01. The zero-order chi connectivity index (χ0) is 38.2. The predicted octanol–water partition coefficient (Wildman–Crippen LogP) is 3.49. The van der Waals surface area contributed by atoms with Crippen LogP contribution in [0.3, 0.4) is 0 Å². The number of rotatable bonds is 22. The van der Waals surface area contributed by atoms with Crippen LogP contribution in [0, 0.1) is 5.92 Å². The number of imide groups is 1. The molecule has 1 aliphatic heterocycles. The fourth-order valence-corrected chi connectivity index (χ4v) is 9.13. The molecule has 1 fully saturated rings. The highest BCUT2D eigenvalue weighted by atomic mass is 32.2. The Kier molecular flexibility index (Phi) is 16.3. The summed E-state index contributed by atoms with van der Waals surface area (Å²) >= 11 is 2.64. The maximum atomic E-state index is 13.5. The molecule has 11 nitrogen and oxygen atoms in total. The Hall–Kier alpha value is -4.30. The van der Waals surface area contributed by atoms with E-state index in [1.807, 2.05) is 91.0 Å². The molecule has 282 valence electrons. The summed E-state index contributed by atoms with van der Waals surface area (Å²) in [7, 11) is 0. The van der Waals surface area contributed by atoms with E-state index in [9.17, 15) is 33.9 Å². The molecular weight excluding hydrogens is 715 g/mol. The number of thioether (sulfide) groups is 2. The highest BCUT2D eigenvalue weighted by Gasteiger charge is 2.41. The van der Waals surface area contributed by atoms with Crippen LogP contribution in [0.15, 0.2) is 91.0 Å². The number of carbonyl (C=O) groups excluding carboxylic acids is 6. The lowest BCUT2D eigenvalue weighted by Crippen LogP contribution is -2.42. The lowest BCUT2D eigenvalue weighted by Gasteiger charge is -2.36. The number of benzene rings is 3. The molecule has 3 aromatic rings. The molecule has 1 aliphatic rings. The molecule has 3 aromatic carbocycles. The third kappa shape index (κ3) is 11.3. The normalized spacial score (nSPS) is 15.5. The Morgan fingerprint density at radius 2 is 1.40 bits per heavy atom. The highest BCUT2D eigenvalue weighted by Crippen LogP contribution is 2.49. The molecule has 0 aliphatic carbocycles. The van der Waals surface area contributed by atoms with Crippen molar-refractivity contribution >= 4 is 58.7 Å². The van der Waals surface area contributed by atoms with Gasteiger partial charge in [0.15, 0.2) is 5.78 Å². The molecule has 3 unspecified atom stereocenters. The predicted molar refractivity (Wildman–Crippen MR) is 206 cm³/mol. The van der Waals surface area contributed by atoms with Gasteiger partial charge in [-0.1, -0.05) is 91.0 Å². The van der Waals surface area contributed by atoms with E-state index in [1.165, 1.54) is 6.92 Å². The quantitative estimate of drug-likeness (QED) is 0.0879. The minimum Gasteiger partial charge on any atom is -0.396 e. The van der Waals surface area contributed by atoms with Gasteiger partial charge < -0.3 is 20.8 Å². The number of ketones is 2. The van der Waals surface area contributed by atoms with Crippen LogP contribution in [-0.2, 0) is 33.5 Å². The molecule has 0 aromatic heterocycles. The van der Waals surface area contributed by atoms with Gasteiger partial charge in [-0.2, -0.15) is 0 Å². The summed E-state index contributed by atoms with van der Waals surface area (Å²) in [5.74, 6) is -2.71. The molecule has 1 saturated heterocycles. The standard InChI is InChI=1S/C40H47N3O8S2/c1-28(46)42-34(35(48)18-11-22-44)27-52-36-25-37(49)43(39(36)51)21-19-33(47)24-29(38(50)41-20-23-45)26-53-40(30-12-5-2-6-13-30,31-14-7-3-8-15-31)32-16-9-4-10-17-32/h2-10,12-17,29,34,36,44-45H,11,18-27H2,1H3,(H,41,50)(H,42,46). The van der Waals surface area contributed by atoms with Crippen LogP contribution in [-0.4, -0.2) is 99.4 Å². The van der Waals surface area contributed by atoms with Crippen molar-refractivity contribution in [1.82, 2.24) is 15.5 Å². The molecule has 1 heterocycles. The van der Waals surface area contributed by atoms with Gasteiger partial charge in [-0.05, 0) is 23.1 Å². The third-order valence-corrected chi connectivity index (χ3v) is 11.9. The van der Waals surface area contributed by atoms with Crippen molar-refractivity contribution in [3.05, 3.63) is 108 Å². The Balaban J connectivity index is 1.47. The SMILES string of the molecule is CC(=O)NC(CSC1CC(=O)N(CCC(=O)CC(CSC(c2ccccc2)(c2ccccc2)c2ccccc2)C(=O)NCCO)C1=O)C(=O)CCCO. The van der Waals surface area contributed by atoms with E-state index in [4.69, 9.17) is 5.11 Å². The lowest BCUT2D eigenvalue weighted by atomic mass is 9.84. The number of hydrogen-bond donors (Lipinski definition) is 4. The van der Waals surface area contributed by atoms with E-state index < -0.39 is 39.7 Å². The van der Waals surface area contributed by atoms with Crippen molar-refractivity contribution in [3.63, 3.8) is 0 Å². The first-order valence-corrected chi connectivity index (χ1v) is 19.7. The number of Topliss-reactive ketones (excluding diaryl/α,β-unsaturated/α-hetero) is 2. The van der Waals surface area contributed by atoms with E-state index in [0.717, 1.165) is 33.4 Å². The molecule has 0 spiro atoms. The first-order chi connectivity index (χ1) is 25.6. The zero-order valence-corrected chi connectivity index (χ0v) is 31.4. The van der Waals surface area contributed by atoms with Gasteiger partial charge in [-0.15, -0.1) is 23.5 Å². The van der Waals surface area contributed by atoms with Crippen molar-refractivity contribution in [2.75, 3.05) is 37.8 Å². The molecule has 4 amide bonds. The summed E-state index contributed by atoms with van der Waals surface area (Å²) in [5.41, 5.74) is 3.00. The maximum Gasteiger partial charge on any atom is 0.242 e. The third-order valence-electron chi connectivity index (χ3n) is 8.93. The Morgan fingerprint density at radius 3 is 1.91 bits per heavy atom. The monoisotopic (exact) mass is 761 g/mol. The number of aliphatic hydroxyl groups is 2. The maximum absolute atomic E-state index is 13.5. The van der Waals surface area contributed by atoms with E-state index >= 15 is 0 Å². The second-order valence-electron chi connectivity index (χ2n) is 12.8. The number of hydrogen-bond acceptors (Lipinski definition) is 10. The van der Waals surface area contributed by atoms with Crippen molar-refractivity contribution < 1.29 is 39.0 Å². The van der Waals surface area contributed by atoms with Crippen LogP contribution in [0.2, 0.25) is 0 Å². The van der Waals surface area contributed by atoms with E-state index in [0.29, 0.717) is 0 Å². The molecule has 3 atom stereocenters. The van der Waals surface area contributed by atoms with Crippen LogP contribution in [0.1, 0.15) is 55.7 Å². The van der Waals surface area contributed by atoms with E-state index in [-0.39, 0.29) is 87.4 Å². The van der Waals surface area contributed by atoms with Crippen LogP contribution in [0.5, 0.6) is 0 Å². The van der Waals surface area contributed by atoms with Crippen LogP contribution in [0.4, 0.5) is 0 Å². The van der Waals surface area contributed by atoms with Gasteiger partial charge in [0.1, 0.15) is 5.78 Å². The van der Waals surface area contributed by atoms with Crippen molar-refractivity contribution in [1.29, 1.82) is 0 Å². The van der Waals surface area contributed by atoms with Gasteiger partial charge in [0.2, 0.25) is 23.6 Å². The number of aliphatic hydroxyl groups excluding tert-OH is 2. The summed E-state index contributed by atoms with van der Waals surface area (Å²) in [6.45, 7) is 0.741. The average molecular weight is 762 g/mol. The van der Waals surface area contributed by atoms with Gasteiger partial charge in [0.25, 0.3) is 0 Å². The summed E-state index contributed by atoms with van der Waals surface area (Å²) in [4.78, 5) is 78.4. The van der Waals surface area contributed by atoms with Crippen molar-refractivity contribution in [2.45, 2.75) is 55.1 Å². The lowest BCUT2D eigenvalue weighted by molar-refractivity contribution is -0.139. The average Bonchev–Trinajstić information content (AvgIpc) is 3.45. The summed E-state index contributed by atoms with van der Waals surface area (Å²) < 4.78 is -0.730. The van der Waals surface area contributed by atoms with Gasteiger partial charge in [-0.3, -0.25) is 33.7 Å². The summed E-state index contributed by atoms with van der Waals surface area (Å²) in [6, 6.07) is 29.1. The molecule has 53 heavy (non-hydrogen) atoms. The van der Waals surface area contributed by atoms with Crippen LogP contribution < -0.4 is 10.6 Å². The molecule has 4 N–H and O–H groups in total. The fraction of sp³-hybridized carbons (Fsp3) is 0.400. The van der Waals surface area contributed by atoms with Crippen molar-refractivity contribution in [2.24, 2.45) is 5.92 Å². The number of carbonyl (C=O) groups is 6. The Bertz CT molecular complexity index is 1600. The topological polar surface area (TPSA) is 170 Å².